The molecule has 0 unspecified atom stereocenters. The highest BCUT2D eigenvalue weighted by atomic mass is 16.5. The van der Waals surface area contributed by atoms with Gasteiger partial charge in [0.25, 0.3) is 0 Å². The molecule has 0 saturated carbocycles. The van der Waals surface area contributed by atoms with Gasteiger partial charge < -0.3 is 20.2 Å². The standard InChI is InChI=1S/C16H20N2O3/c1-4-20-12-9-7-6-8-11(12)15-14(17)13(10(3)18-15)16(19)21-5-2/h6-9,18H,4-5,17H2,1-3H3. The zero-order valence-corrected chi connectivity index (χ0v) is 12.5. The fourth-order valence-electron chi connectivity index (χ4n) is 2.28. The van der Waals surface area contributed by atoms with Crippen molar-refractivity contribution in [2.24, 2.45) is 0 Å². The molecule has 1 heterocycles. The highest BCUT2D eigenvalue weighted by Gasteiger charge is 2.22. The molecule has 0 radical (unpaired) electrons. The lowest BCUT2D eigenvalue weighted by Crippen LogP contribution is -2.07. The Balaban J connectivity index is 2.51. The SMILES string of the molecule is CCOC(=O)c1c(C)[nH]c(-c2ccccc2OCC)c1N. The molecule has 21 heavy (non-hydrogen) atoms. The van der Waals surface area contributed by atoms with Gasteiger partial charge in [-0.1, -0.05) is 12.1 Å². The Morgan fingerprint density at radius 1 is 1.24 bits per heavy atom. The highest BCUT2D eigenvalue weighted by molar-refractivity contribution is 6.01. The number of aromatic amines is 1. The Bertz CT molecular complexity index is 647. The summed E-state index contributed by atoms with van der Waals surface area (Å²) in [5, 5.41) is 0. The van der Waals surface area contributed by atoms with E-state index in [1.54, 1.807) is 13.8 Å². The number of aromatic nitrogens is 1. The number of para-hydroxylation sites is 1. The first-order chi connectivity index (χ1) is 10.1. The van der Waals surface area contributed by atoms with E-state index in [0.29, 0.717) is 35.9 Å². The van der Waals surface area contributed by atoms with Crippen LogP contribution in [0.2, 0.25) is 0 Å². The summed E-state index contributed by atoms with van der Waals surface area (Å²) in [6.45, 7) is 6.36. The highest BCUT2D eigenvalue weighted by Crippen LogP contribution is 2.36. The number of carbonyl (C=O) groups excluding carboxylic acids is 1. The van der Waals surface area contributed by atoms with E-state index in [4.69, 9.17) is 15.2 Å². The molecule has 0 aliphatic carbocycles. The Morgan fingerprint density at radius 3 is 2.62 bits per heavy atom. The fraction of sp³-hybridized carbons (Fsp3) is 0.312. The molecule has 2 rings (SSSR count). The third-order valence-electron chi connectivity index (χ3n) is 3.16. The van der Waals surface area contributed by atoms with Crippen LogP contribution < -0.4 is 10.5 Å². The van der Waals surface area contributed by atoms with E-state index in [-0.39, 0.29) is 0 Å². The summed E-state index contributed by atoms with van der Waals surface area (Å²) in [5.41, 5.74) is 9.12. The largest absolute Gasteiger partial charge is 0.493 e. The van der Waals surface area contributed by atoms with Gasteiger partial charge in [-0.2, -0.15) is 0 Å². The molecular formula is C16H20N2O3. The van der Waals surface area contributed by atoms with E-state index in [9.17, 15) is 4.79 Å². The number of benzene rings is 1. The molecule has 1 aromatic heterocycles. The molecule has 1 aromatic carbocycles. The van der Waals surface area contributed by atoms with Crippen LogP contribution in [0.25, 0.3) is 11.3 Å². The van der Waals surface area contributed by atoms with Crippen LogP contribution in [0.5, 0.6) is 5.75 Å². The normalized spacial score (nSPS) is 10.4. The summed E-state index contributed by atoms with van der Waals surface area (Å²) in [7, 11) is 0. The number of rotatable bonds is 5. The molecule has 0 atom stereocenters. The van der Waals surface area contributed by atoms with Gasteiger partial charge in [0, 0.05) is 11.3 Å². The van der Waals surface area contributed by atoms with E-state index in [1.165, 1.54) is 0 Å². The van der Waals surface area contributed by atoms with E-state index >= 15 is 0 Å². The third-order valence-corrected chi connectivity index (χ3v) is 3.16. The molecule has 112 valence electrons. The third kappa shape index (κ3) is 2.86. The Kier molecular flexibility index (Phi) is 4.52. The van der Waals surface area contributed by atoms with Crippen LogP contribution in [0.4, 0.5) is 5.69 Å². The molecule has 3 N–H and O–H groups in total. The maximum absolute atomic E-state index is 12.0. The minimum atomic E-state index is -0.413. The van der Waals surface area contributed by atoms with Gasteiger partial charge in [0.2, 0.25) is 0 Å². The number of ether oxygens (including phenoxy) is 2. The molecule has 0 bridgehead atoms. The van der Waals surface area contributed by atoms with Gasteiger partial charge in [-0.3, -0.25) is 0 Å². The van der Waals surface area contributed by atoms with E-state index in [0.717, 1.165) is 11.3 Å². The molecule has 0 aliphatic heterocycles. The smallest absolute Gasteiger partial charge is 0.342 e. The van der Waals surface area contributed by atoms with Crippen LogP contribution in [-0.4, -0.2) is 24.2 Å². The van der Waals surface area contributed by atoms with Crippen molar-refractivity contribution in [3.05, 3.63) is 35.5 Å². The number of hydrogen-bond acceptors (Lipinski definition) is 4. The maximum atomic E-state index is 12.0. The van der Waals surface area contributed by atoms with Crippen LogP contribution in [0.3, 0.4) is 0 Å². The van der Waals surface area contributed by atoms with E-state index in [1.807, 2.05) is 31.2 Å². The summed E-state index contributed by atoms with van der Waals surface area (Å²) in [5.74, 6) is 0.312. The zero-order chi connectivity index (χ0) is 15.4. The topological polar surface area (TPSA) is 77.3 Å². The van der Waals surface area contributed by atoms with Gasteiger partial charge in [-0.05, 0) is 32.9 Å². The van der Waals surface area contributed by atoms with Crippen LogP contribution in [0, 0.1) is 6.92 Å². The average molecular weight is 288 g/mol. The second kappa shape index (κ2) is 6.35. The molecule has 0 spiro atoms. The summed E-state index contributed by atoms with van der Waals surface area (Å²) >= 11 is 0. The second-order valence-corrected chi connectivity index (χ2v) is 4.56. The number of nitrogens with one attached hydrogen (secondary N) is 1. The minimum Gasteiger partial charge on any atom is -0.493 e. The first-order valence-electron chi connectivity index (χ1n) is 6.97. The summed E-state index contributed by atoms with van der Waals surface area (Å²) in [6, 6.07) is 7.57. The molecule has 5 heteroatoms. The van der Waals surface area contributed by atoms with Crippen molar-refractivity contribution in [1.29, 1.82) is 0 Å². The van der Waals surface area contributed by atoms with Gasteiger partial charge in [-0.15, -0.1) is 0 Å². The molecule has 0 fully saturated rings. The van der Waals surface area contributed by atoms with Crippen LogP contribution in [0.15, 0.2) is 24.3 Å². The number of anilines is 1. The lowest BCUT2D eigenvalue weighted by molar-refractivity contribution is 0.0527. The average Bonchev–Trinajstić information content (AvgIpc) is 2.75. The van der Waals surface area contributed by atoms with Crippen LogP contribution in [-0.2, 0) is 4.74 Å². The van der Waals surface area contributed by atoms with Gasteiger partial charge >= 0.3 is 5.97 Å². The first kappa shape index (κ1) is 15.0. The lowest BCUT2D eigenvalue weighted by Gasteiger charge is -2.09. The van der Waals surface area contributed by atoms with Gasteiger partial charge in [0.1, 0.15) is 11.3 Å². The number of hydrogen-bond donors (Lipinski definition) is 2. The van der Waals surface area contributed by atoms with Gasteiger partial charge in [0.15, 0.2) is 0 Å². The first-order valence-corrected chi connectivity index (χ1v) is 6.97. The second-order valence-electron chi connectivity index (χ2n) is 4.56. The number of H-pyrrole nitrogens is 1. The van der Waals surface area contributed by atoms with Crippen molar-refractivity contribution < 1.29 is 14.3 Å². The van der Waals surface area contributed by atoms with Crippen molar-refractivity contribution in [2.45, 2.75) is 20.8 Å². The molecule has 0 aliphatic rings. The van der Waals surface area contributed by atoms with Crippen molar-refractivity contribution in [1.82, 2.24) is 4.98 Å². The molecule has 0 amide bonds. The predicted molar refractivity (Wildman–Crippen MR) is 82.5 cm³/mol. The summed E-state index contributed by atoms with van der Waals surface area (Å²) in [4.78, 5) is 15.1. The Hall–Kier alpha value is -2.43. The maximum Gasteiger partial charge on any atom is 0.342 e. The fourth-order valence-corrected chi connectivity index (χ4v) is 2.28. The van der Waals surface area contributed by atoms with Crippen molar-refractivity contribution in [2.75, 3.05) is 18.9 Å². The summed E-state index contributed by atoms with van der Waals surface area (Å²) < 4.78 is 10.7. The molecular weight excluding hydrogens is 268 g/mol. The number of carbonyl (C=O) groups is 1. The minimum absolute atomic E-state index is 0.313. The van der Waals surface area contributed by atoms with Crippen molar-refractivity contribution in [3.8, 4) is 17.0 Å². The lowest BCUT2D eigenvalue weighted by atomic mass is 10.1. The van der Waals surface area contributed by atoms with Crippen molar-refractivity contribution in [3.63, 3.8) is 0 Å². The number of nitrogen functional groups attached to an aromatic ring is 1. The van der Waals surface area contributed by atoms with Gasteiger partial charge in [0.05, 0.1) is 24.6 Å². The zero-order valence-electron chi connectivity index (χ0n) is 12.5. The number of aryl methyl sites for hydroxylation is 1. The number of esters is 1. The quantitative estimate of drug-likeness (QED) is 0.828. The molecule has 2 aromatic rings. The monoisotopic (exact) mass is 288 g/mol. The molecule has 0 saturated heterocycles. The van der Waals surface area contributed by atoms with Crippen LogP contribution in [0.1, 0.15) is 29.9 Å². The van der Waals surface area contributed by atoms with E-state index in [2.05, 4.69) is 4.98 Å². The molecule has 5 nitrogen and oxygen atoms in total. The summed E-state index contributed by atoms with van der Waals surface area (Å²) in [6.07, 6.45) is 0. The Morgan fingerprint density at radius 2 is 1.95 bits per heavy atom. The Labute approximate surface area is 124 Å². The predicted octanol–water partition coefficient (Wildman–Crippen LogP) is 3.15. The van der Waals surface area contributed by atoms with Crippen molar-refractivity contribution >= 4 is 11.7 Å². The number of nitrogens with two attached hydrogens (primary N) is 1. The van der Waals surface area contributed by atoms with Gasteiger partial charge in [-0.25, -0.2) is 4.79 Å². The van der Waals surface area contributed by atoms with Crippen LogP contribution >= 0.6 is 0 Å². The van der Waals surface area contributed by atoms with E-state index < -0.39 is 5.97 Å².